The number of aryl methyl sites for hydroxylation is 1. The van der Waals surface area contributed by atoms with E-state index >= 15 is 0 Å². The van der Waals surface area contributed by atoms with Gasteiger partial charge in [-0.15, -0.1) is 0 Å². The Morgan fingerprint density at radius 2 is 1.81 bits per heavy atom. The van der Waals surface area contributed by atoms with E-state index in [1.165, 1.54) is 5.56 Å². The summed E-state index contributed by atoms with van der Waals surface area (Å²) in [5, 5.41) is 3.31. The summed E-state index contributed by atoms with van der Waals surface area (Å²) in [6.07, 6.45) is 4.06. The predicted octanol–water partition coefficient (Wildman–Crippen LogP) is 2.31. The highest BCUT2D eigenvalue weighted by atomic mass is 32.2. The first-order valence-corrected chi connectivity index (χ1v) is 9.23. The van der Waals surface area contributed by atoms with E-state index in [9.17, 15) is 8.42 Å². The molecule has 21 heavy (non-hydrogen) atoms. The van der Waals surface area contributed by atoms with Gasteiger partial charge in [0, 0.05) is 6.54 Å². The molecule has 0 unspecified atom stereocenters. The van der Waals surface area contributed by atoms with Crippen LogP contribution in [-0.2, 0) is 16.4 Å². The van der Waals surface area contributed by atoms with Crippen molar-refractivity contribution in [2.75, 3.05) is 19.6 Å². The predicted molar refractivity (Wildman–Crippen MR) is 85.8 cm³/mol. The third-order valence-electron chi connectivity index (χ3n) is 4.27. The maximum atomic E-state index is 12.4. The lowest BCUT2D eigenvalue weighted by Crippen LogP contribution is -2.42. The van der Waals surface area contributed by atoms with E-state index in [-0.39, 0.29) is 5.41 Å². The largest absolute Gasteiger partial charge is 0.317 e. The molecule has 4 nitrogen and oxygen atoms in total. The fraction of sp³-hybridized carbons (Fsp3) is 0.625. The fourth-order valence-electron chi connectivity index (χ4n) is 2.68. The second-order valence-electron chi connectivity index (χ2n) is 6.28. The molecule has 118 valence electrons. The molecule has 1 aromatic rings. The number of sulfonamides is 1. The van der Waals surface area contributed by atoms with E-state index in [0.29, 0.717) is 11.4 Å². The van der Waals surface area contributed by atoms with E-state index in [2.05, 4.69) is 23.9 Å². The maximum Gasteiger partial charge on any atom is 0.240 e. The maximum absolute atomic E-state index is 12.4. The topological polar surface area (TPSA) is 58.2 Å². The summed E-state index contributed by atoms with van der Waals surface area (Å²) >= 11 is 0. The van der Waals surface area contributed by atoms with Gasteiger partial charge in [-0.05, 0) is 55.5 Å². The van der Waals surface area contributed by atoms with Crippen molar-refractivity contribution in [3.63, 3.8) is 0 Å². The number of nitrogens with one attached hydrogen (secondary N) is 2. The SMILES string of the molecule is CCCc1ccc(S(=O)(=O)NCC2(C)CCNCC2)cc1. The van der Waals surface area contributed by atoms with Gasteiger partial charge in [-0.25, -0.2) is 13.1 Å². The van der Waals surface area contributed by atoms with Crippen LogP contribution in [0.2, 0.25) is 0 Å². The quantitative estimate of drug-likeness (QED) is 0.848. The summed E-state index contributed by atoms with van der Waals surface area (Å²) in [5.41, 5.74) is 1.24. The van der Waals surface area contributed by atoms with Crippen molar-refractivity contribution < 1.29 is 8.42 Å². The molecule has 2 N–H and O–H groups in total. The average Bonchev–Trinajstić information content (AvgIpc) is 2.47. The van der Waals surface area contributed by atoms with E-state index in [0.717, 1.165) is 38.8 Å². The highest BCUT2D eigenvalue weighted by molar-refractivity contribution is 7.89. The summed E-state index contributed by atoms with van der Waals surface area (Å²) in [7, 11) is -3.40. The Balaban J connectivity index is 2.00. The summed E-state index contributed by atoms with van der Waals surface area (Å²) in [6, 6.07) is 7.23. The van der Waals surface area contributed by atoms with Crippen LogP contribution in [0.5, 0.6) is 0 Å². The summed E-state index contributed by atoms with van der Waals surface area (Å²) < 4.78 is 27.5. The van der Waals surface area contributed by atoms with Gasteiger partial charge in [-0.2, -0.15) is 0 Å². The van der Waals surface area contributed by atoms with E-state index in [4.69, 9.17) is 0 Å². The zero-order chi connectivity index (χ0) is 15.3. The molecule has 0 atom stereocenters. The molecule has 1 aliphatic heterocycles. The van der Waals surface area contributed by atoms with E-state index < -0.39 is 10.0 Å². The zero-order valence-electron chi connectivity index (χ0n) is 13.0. The Bertz CT molecular complexity index is 546. The zero-order valence-corrected chi connectivity index (χ0v) is 13.8. The van der Waals surface area contributed by atoms with Crippen LogP contribution in [0.25, 0.3) is 0 Å². The van der Waals surface area contributed by atoms with Crippen molar-refractivity contribution in [2.24, 2.45) is 5.41 Å². The van der Waals surface area contributed by atoms with Crippen LogP contribution in [0.3, 0.4) is 0 Å². The number of hydrogen-bond acceptors (Lipinski definition) is 3. The van der Waals surface area contributed by atoms with Gasteiger partial charge < -0.3 is 5.32 Å². The Labute approximate surface area is 128 Å². The highest BCUT2D eigenvalue weighted by Crippen LogP contribution is 2.27. The molecule has 0 spiro atoms. The smallest absolute Gasteiger partial charge is 0.240 e. The molecular weight excluding hydrogens is 284 g/mol. The minimum Gasteiger partial charge on any atom is -0.317 e. The standard InChI is InChI=1S/C16H26N2O2S/c1-3-4-14-5-7-15(8-6-14)21(19,20)18-13-16(2)9-11-17-12-10-16/h5-8,17-18H,3-4,9-13H2,1-2H3. The van der Waals surface area contributed by atoms with Crippen LogP contribution in [-0.4, -0.2) is 28.1 Å². The van der Waals surface area contributed by atoms with Gasteiger partial charge >= 0.3 is 0 Å². The summed E-state index contributed by atoms with van der Waals surface area (Å²) in [6.45, 7) is 6.70. The molecule has 1 heterocycles. The average molecular weight is 310 g/mol. The summed E-state index contributed by atoms with van der Waals surface area (Å²) in [5.74, 6) is 0. The van der Waals surface area contributed by atoms with Gasteiger partial charge in [0.25, 0.3) is 0 Å². The lowest BCUT2D eigenvalue weighted by Gasteiger charge is -2.34. The van der Waals surface area contributed by atoms with Gasteiger partial charge in [-0.1, -0.05) is 32.4 Å². The second-order valence-corrected chi connectivity index (χ2v) is 8.05. The minimum absolute atomic E-state index is 0.0560. The van der Waals surface area contributed by atoms with Crippen LogP contribution < -0.4 is 10.0 Å². The van der Waals surface area contributed by atoms with Crippen LogP contribution in [0.15, 0.2) is 29.2 Å². The van der Waals surface area contributed by atoms with Gasteiger partial charge in [0.05, 0.1) is 4.90 Å². The second kappa shape index (κ2) is 6.90. The lowest BCUT2D eigenvalue weighted by molar-refractivity contribution is 0.232. The van der Waals surface area contributed by atoms with E-state index in [1.807, 2.05) is 12.1 Å². The van der Waals surface area contributed by atoms with Crippen LogP contribution >= 0.6 is 0 Å². The Kier molecular flexibility index (Phi) is 5.41. The van der Waals surface area contributed by atoms with Crippen LogP contribution in [0.4, 0.5) is 0 Å². The monoisotopic (exact) mass is 310 g/mol. The molecule has 0 aliphatic carbocycles. The number of rotatable bonds is 6. The molecule has 1 saturated heterocycles. The lowest BCUT2D eigenvalue weighted by atomic mass is 9.81. The van der Waals surface area contributed by atoms with Gasteiger partial charge in [0.2, 0.25) is 10.0 Å². The van der Waals surface area contributed by atoms with Crippen molar-refractivity contribution in [2.45, 2.75) is 44.4 Å². The molecule has 0 saturated carbocycles. The van der Waals surface area contributed by atoms with E-state index in [1.54, 1.807) is 12.1 Å². The Hall–Kier alpha value is -0.910. The van der Waals surface area contributed by atoms with Gasteiger partial charge in [0.15, 0.2) is 0 Å². The molecule has 0 bridgehead atoms. The number of hydrogen-bond donors (Lipinski definition) is 2. The Morgan fingerprint density at radius 3 is 2.38 bits per heavy atom. The molecule has 2 rings (SSSR count). The van der Waals surface area contributed by atoms with Crippen molar-refractivity contribution in [3.05, 3.63) is 29.8 Å². The number of benzene rings is 1. The third kappa shape index (κ3) is 4.53. The molecule has 5 heteroatoms. The first-order valence-electron chi connectivity index (χ1n) is 7.74. The van der Waals surface area contributed by atoms with Crippen LogP contribution in [0.1, 0.15) is 38.7 Å². The van der Waals surface area contributed by atoms with Gasteiger partial charge in [0.1, 0.15) is 0 Å². The number of piperidine rings is 1. The molecule has 0 amide bonds. The normalized spacial score (nSPS) is 18.6. The molecule has 0 radical (unpaired) electrons. The van der Waals surface area contributed by atoms with Crippen LogP contribution in [0, 0.1) is 5.41 Å². The van der Waals surface area contributed by atoms with Crippen molar-refractivity contribution in [1.29, 1.82) is 0 Å². The van der Waals surface area contributed by atoms with Crippen molar-refractivity contribution in [3.8, 4) is 0 Å². The highest BCUT2D eigenvalue weighted by Gasteiger charge is 2.28. The molecular formula is C16H26N2O2S. The first-order chi connectivity index (χ1) is 9.95. The van der Waals surface area contributed by atoms with Crippen molar-refractivity contribution >= 4 is 10.0 Å². The van der Waals surface area contributed by atoms with Gasteiger partial charge in [-0.3, -0.25) is 0 Å². The summed E-state index contributed by atoms with van der Waals surface area (Å²) in [4.78, 5) is 0.361. The molecule has 0 aromatic heterocycles. The fourth-order valence-corrected chi connectivity index (χ4v) is 3.88. The molecule has 1 fully saturated rings. The Morgan fingerprint density at radius 1 is 1.19 bits per heavy atom. The molecule has 1 aliphatic rings. The first kappa shape index (κ1) is 16.5. The third-order valence-corrected chi connectivity index (χ3v) is 5.69. The molecule has 1 aromatic carbocycles. The van der Waals surface area contributed by atoms with Crippen molar-refractivity contribution in [1.82, 2.24) is 10.0 Å². The minimum atomic E-state index is -3.40.